The second-order valence-electron chi connectivity index (χ2n) is 6.51. The standard InChI is InChI=1S/C22H19N3O3S/c1-13-10-16(29-12-23)8-9-18(13)25-20(26)11-28-22(27)21-14(2)17-6-4-5-7-19(17)24-15(21)3/h4-10H,11H2,1-3H3,(H,25,26). The molecule has 1 heterocycles. The van der Waals surface area contributed by atoms with Crippen molar-refractivity contribution >= 4 is 40.2 Å². The van der Waals surface area contributed by atoms with E-state index in [1.807, 2.05) is 49.6 Å². The number of para-hydroxylation sites is 1. The van der Waals surface area contributed by atoms with Gasteiger partial charge in [-0.1, -0.05) is 18.2 Å². The fourth-order valence-electron chi connectivity index (χ4n) is 3.11. The second-order valence-corrected chi connectivity index (χ2v) is 7.37. The molecule has 0 aliphatic heterocycles. The smallest absolute Gasteiger partial charge is 0.340 e. The molecule has 0 atom stereocenters. The predicted molar refractivity (Wildman–Crippen MR) is 113 cm³/mol. The van der Waals surface area contributed by atoms with Gasteiger partial charge in [0.15, 0.2) is 6.61 Å². The number of ether oxygens (including phenoxy) is 1. The zero-order chi connectivity index (χ0) is 21.0. The number of hydrogen-bond acceptors (Lipinski definition) is 6. The van der Waals surface area contributed by atoms with Crippen LogP contribution in [0.15, 0.2) is 47.4 Å². The van der Waals surface area contributed by atoms with E-state index in [2.05, 4.69) is 10.3 Å². The molecule has 1 amide bonds. The van der Waals surface area contributed by atoms with Crippen LogP contribution in [0.2, 0.25) is 0 Å². The number of esters is 1. The first-order valence-corrected chi connectivity index (χ1v) is 9.72. The number of thioether (sulfide) groups is 1. The molecular weight excluding hydrogens is 386 g/mol. The van der Waals surface area contributed by atoms with Gasteiger partial charge in [-0.15, -0.1) is 0 Å². The Morgan fingerprint density at radius 3 is 2.66 bits per heavy atom. The van der Waals surface area contributed by atoms with Crippen molar-refractivity contribution in [3.8, 4) is 5.40 Å². The molecule has 3 rings (SSSR count). The average Bonchev–Trinajstić information content (AvgIpc) is 2.69. The minimum Gasteiger partial charge on any atom is -0.452 e. The third-order valence-corrected chi connectivity index (χ3v) is 5.09. The number of anilines is 1. The molecule has 29 heavy (non-hydrogen) atoms. The molecule has 0 fully saturated rings. The van der Waals surface area contributed by atoms with Gasteiger partial charge in [0.25, 0.3) is 5.91 Å². The summed E-state index contributed by atoms with van der Waals surface area (Å²) in [7, 11) is 0. The lowest BCUT2D eigenvalue weighted by Crippen LogP contribution is -2.22. The monoisotopic (exact) mass is 405 g/mol. The van der Waals surface area contributed by atoms with Crippen LogP contribution in [-0.2, 0) is 9.53 Å². The molecule has 0 aliphatic carbocycles. The van der Waals surface area contributed by atoms with Crippen molar-refractivity contribution < 1.29 is 14.3 Å². The molecule has 1 N–H and O–H groups in total. The van der Waals surface area contributed by atoms with Gasteiger partial charge in [-0.05, 0) is 67.9 Å². The Labute approximate surface area is 172 Å². The number of thiocyanates is 1. The zero-order valence-corrected chi connectivity index (χ0v) is 17.1. The molecule has 0 spiro atoms. The SMILES string of the molecule is Cc1cc(SC#N)ccc1NC(=O)COC(=O)c1c(C)nc2ccccc2c1C. The van der Waals surface area contributed by atoms with Crippen molar-refractivity contribution in [1.82, 2.24) is 4.98 Å². The van der Waals surface area contributed by atoms with Crippen molar-refractivity contribution in [2.75, 3.05) is 11.9 Å². The number of hydrogen-bond donors (Lipinski definition) is 1. The molecule has 6 nitrogen and oxygen atoms in total. The summed E-state index contributed by atoms with van der Waals surface area (Å²) in [5.74, 6) is -1.02. The third-order valence-electron chi connectivity index (χ3n) is 4.51. The number of aryl methyl sites for hydroxylation is 3. The number of carbonyl (C=O) groups is 2. The van der Waals surface area contributed by atoms with E-state index < -0.39 is 18.5 Å². The number of benzene rings is 2. The molecule has 0 unspecified atom stereocenters. The summed E-state index contributed by atoms with van der Waals surface area (Å²) < 4.78 is 5.24. The number of nitrogens with one attached hydrogen (secondary N) is 1. The molecule has 0 aliphatic rings. The van der Waals surface area contributed by atoms with Crippen LogP contribution in [0.5, 0.6) is 0 Å². The molecule has 2 aromatic carbocycles. The Bertz CT molecular complexity index is 1150. The first kappa shape index (κ1) is 20.4. The maximum absolute atomic E-state index is 12.6. The Hall–Kier alpha value is -3.37. The molecule has 0 radical (unpaired) electrons. The Balaban J connectivity index is 1.69. The summed E-state index contributed by atoms with van der Waals surface area (Å²) in [5.41, 5.74) is 3.95. The van der Waals surface area contributed by atoms with E-state index in [4.69, 9.17) is 10.00 Å². The summed E-state index contributed by atoms with van der Waals surface area (Å²) in [4.78, 5) is 30.1. The number of amides is 1. The van der Waals surface area contributed by atoms with E-state index in [0.29, 0.717) is 16.9 Å². The quantitative estimate of drug-likeness (QED) is 0.381. The Kier molecular flexibility index (Phi) is 6.15. The van der Waals surface area contributed by atoms with Crippen LogP contribution < -0.4 is 5.32 Å². The van der Waals surface area contributed by atoms with E-state index in [0.717, 1.165) is 38.7 Å². The molecule has 146 valence electrons. The molecule has 3 aromatic rings. The normalized spacial score (nSPS) is 10.4. The van der Waals surface area contributed by atoms with Gasteiger partial charge in [-0.2, -0.15) is 5.26 Å². The van der Waals surface area contributed by atoms with Crippen molar-refractivity contribution in [3.63, 3.8) is 0 Å². The molecule has 0 saturated heterocycles. The average molecular weight is 405 g/mol. The maximum Gasteiger partial charge on any atom is 0.340 e. The lowest BCUT2D eigenvalue weighted by atomic mass is 10.0. The topological polar surface area (TPSA) is 92.1 Å². The minimum absolute atomic E-state index is 0.380. The highest BCUT2D eigenvalue weighted by atomic mass is 32.2. The van der Waals surface area contributed by atoms with Crippen LogP contribution in [0.4, 0.5) is 5.69 Å². The van der Waals surface area contributed by atoms with Gasteiger partial charge in [0.1, 0.15) is 5.40 Å². The summed E-state index contributed by atoms with van der Waals surface area (Å²) in [6.07, 6.45) is 0. The van der Waals surface area contributed by atoms with E-state index in [1.54, 1.807) is 19.1 Å². The van der Waals surface area contributed by atoms with Gasteiger partial charge in [-0.3, -0.25) is 9.78 Å². The van der Waals surface area contributed by atoms with Crippen LogP contribution in [-0.4, -0.2) is 23.5 Å². The predicted octanol–water partition coefficient (Wildman–Crippen LogP) is 4.53. The van der Waals surface area contributed by atoms with Gasteiger partial charge in [0, 0.05) is 16.0 Å². The highest BCUT2D eigenvalue weighted by Gasteiger charge is 2.19. The number of nitriles is 1. The summed E-state index contributed by atoms with van der Waals surface area (Å²) in [6.45, 7) is 5.02. The lowest BCUT2D eigenvalue weighted by molar-refractivity contribution is -0.119. The van der Waals surface area contributed by atoms with Crippen molar-refractivity contribution in [2.45, 2.75) is 25.7 Å². The molecule has 7 heteroatoms. The molecule has 0 saturated carbocycles. The largest absolute Gasteiger partial charge is 0.452 e. The lowest BCUT2D eigenvalue weighted by Gasteiger charge is -2.13. The minimum atomic E-state index is -0.578. The summed E-state index contributed by atoms with van der Waals surface area (Å²) in [6, 6.07) is 12.8. The second kappa shape index (κ2) is 8.76. The number of rotatable bonds is 5. The van der Waals surface area contributed by atoms with E-state index in [-0.39, 0.29) is 0 Å². The number of fused-ring (bicyclic) bond motifs is 1. The van der Waals surface area contributed by atoms with Crippen LogP contribution in [0.3, 0.4) is 0 Å². The first-order valence-electron chi connectivity index (χ1n) is 8.90. The fraction of sp³-hybridized carbons (Fsp3) is 0.182. The highest BCUT2D eigenvalue weighted by molar-refractivity contribution is 8.03. The first-order chi connectivity index (χ1) is 13.9. The van der Waals surface area contributed by atoms with Crippen molar-refractivity contribution in [3.05, 3.63) is 64.8 Å². The van der Waals surface area contributed by atoms with E-state index in [1.165, 1.54) is 0 Å². The van der Waals surface area contributed by atoms with Crippen LogP contribution >= 0.6 is 11.8 Å². The number of nitrogens with zero attached hydrogens (tertiary/aromatic N) is 2. The van der Waals surface area contributed by atoms with Crippen molar-refractivity contribution in [1.29, 1.82) is 5.26 Å². The number of carbonyl (C=O) groups excluding carboxylic acids is 2. The molecule has 1 aromatic heterocycles. The molecule has 0 bridgehead atoms. The van der Waals surface area contributed by atoms with Gasteiger partial charge < -0.3 is 10.1 Å². The maximum atomic E-state index is 12.6. The van der Waals surface area contributed by atoms with Gasteiger partial charge in [0.2, 0.25) is 0 Å². The van der Waals surface area contributed by atoms with Crippen LogP contribution in [0.25, 0.3) is 10.9 Å². The van der Waals surface area contributed by atoms with Crippen LogP contribution in [0, 0.1) is 31.4 Å². The summed E-state index contributed by atoms with van der Waals surface area (Å²) >= 11 is 1.05. The third kappa shape index (κ3) is 4.55. The van der Waals surface area contributed by atoms with Gasteiger partial charge in [-0.25, -0.2) is 4.79 Å². The van der Waals surface area contributed by atoms with Gasteiger partial charge >= 0.3 is 5.97 Å². The number of aromatic nitrogens is 1. The Morgan fingerprint density at radius 2 is 1.93 bits per heavy atom. The van der Waals surface area contributed by atoms with Gasteiger partial charge in [0.05, 0.1) is 16.8 Å². The highest BCUT2D eigenvalue weighted by Crippen LogP contribution is 2.24. The fourth-order valence-corrected chi connectivity index (χ4v) is 3.59. The summed E-state index contributed by atoms with van der Waals surface area (Å²) in [5, 5.41) is 14.3. The molecular formula is C22H19N3O3S. The Morgan fingerprint density at radius 1 is 1.17 bits per heavy atom. The van der Waals surface area contributed by atoms with Crippen LogP contribution in [0.1, 0.15) is 27.2 Å². The van der Waals surface area contributed by atoms with E-state index >= 15 is 0 Å². The number of pyridine rings is 1. The van der Waals surface area contributed by atoms with Crippen molar-refractivity contribution in [2.24, 2.45) is 0 Å². The van der Waals surface area contributed by atoms with E-state index in [9.17, 15) is 9.59 Å². The zero-order valence-electron chi connectivity index (χ0n) is 16.3.